The molecule has 1 unspecified atom stereocenters. The first-order valence-corrected chi connectivity index (χ1v) is 7.67. The molecule has 5 nitrogen and oxygen atoms in total. The zero-order valence-electron chi connectivity index (χ0n) is 12.6. The Balaban J connectivity index is 2.47. The fourth-order valence-corrected chi connectivity index (χ4v) is 2.55. The molecule has 2 rings (SSSR count). The number of allylic oxidation sites excluding steroid dienone is 1. The Kier molecular flexibility index (Phi) is 5.44. The summed E-state index contributed by atoms with van der Waals surface area (Å²) in [6.45, 7) is 4.02. The number of nitrogens with one attached hydrogen (secondary N) is 2. The molecule has 2 N–H and O–H groups in total. The molecule has 6 heteroatoms. The van der Waals surface area contributed by atoms with Gasteiger partial charge in [-0.25, -0.2) is 9.59 Å². The number of benzene rings is 1. The Morgan fingerprint density at radius 1 is 1.27 bits per heavy atom. The molecule has 1 atom stereocenters. The van der Waals surface area contributed by atoms with Crippen molar-refractivity contribution in [1.29, 1.82) is 0 Å². The van der Waals surface area contributed by atoms with Crippen molar-refractivity contribution < 1.29 is 14.3 Å². The van der Waals surface area contributed by atoms with Crippen molar-refractivity contribution in [2.75, 3.05) is 6.61 Å². The van der Waals surface area contributed by atoms with Crippen LogP contribution in [0.2, 0.25) is 5.02 Å². The third-order valence-electron chi connectivity index (χ3n) is 3.35. The minimum Gasteiger partial charge on any atom is -0.463 e. The van der Waals surface area contributed by atoms with Crippen molar-refractivity contribution in [2.45, 2.75) is 32.7 Å². The van der Waals surface area contributed by atoms with Gasteiger partial charge in [-0.15, -0.1) is 0 Å². The largest absolute Gasteiger partial charge is 0.463 e. The van der Waals surface area contributed by atoms with Crippen LogP contribution in [-0.4, -0.2) is 18.6 Å². The van der Waals surface area contributed by atoms with Gasteiger partial charge >= 0.3 is 12.0 Å². The van der Waals surface area contributed by atoms with Gasteiger partial charge in [0.1, 0.15) is 0 Å². The molecule has 1 aliphatic heterocycles. The first-order valence-electron chi connectivity index (χ1n) is 7.30. The van der Waals surface area contributed by atoms with Crippen LogP contribution in [0.25, 0.3) is 0 Å². The topological polar surface area (TPSA) is 67.4 Å². The monoisotopic (exact) mass is 322 g/mol. The molecule has 1 aliphatic rings. The fourth-order valence-electron chi connectivity index (χ4n) is 2.42. The summed E-state index contributed by atoms with van der Waals surface area (Å²) >= 11 is 5.90. The van der Waals surface area contributed by atoms with Gasteiger partial charge in [0.25, 0.3) is 0 Å². The van der Waals surface area contributed by atoms with E-state index >= 15 is 0 Å². The second-order valence-electron chi connectivity index (χ2n) is 4.95. The maximum atomic E-state index is 12.3. The van der Waals surface area contributed by atoms with Crippen molar-refractivity contribution in [3.63, 3.8) is 0 Å². The van der Waals surface area contributed by atoms with E-state index in [2.05, 4.69) is 10.6 Å². The van der Waals surface area contributed by atoms with Crippen molar-refractivity contribution in [3.8, 4) is 0 Å². The van der Waals surface area contributed by atoms with E-state index in [9.17, 15) is 9.59 Å². The summed E-state index contributed by atoms with van der Waals surface area (Å²) in [7, 11) is 0. The van der Waals surface area contributed by atoms with Crippen molar-refractivity contribution >= 4 is 23.6 Å². The number of esters is 1. The third-order valence-corrected chi connectivity index (χ3v) is 3.60. The van der Waals surface area contributed by atoms with Gasteiger partial charge in [0.2, 0.25) is 0 Å². The molecular weight excluding hydrogens is 304 g/mol. The predicted molar refractivity (Wildman–Crippen MR) is 84.4 cm³/mol. The van der Waals surface area contributed by atoms with Crippen LogP contribution in [0.1, 0.15) is 38.3 Å². The van der Waals surface area contributed by atoms with E-state index in [0.29, 0.717) is 22.7 Å². The number of hydrogen-bond donors (Lipinski definition) is 2. The number of ether oxygens (including phenoxy) is 1. The van der Waals surface area contributed by atoms with Crippen LogP contribution in [0.3, 0.4) is 0 Å². The standard InChI is InChI=1S/C16H19ClN2O3/c1-3-5-12-13(15(20)22-4-2)14(19-16(21)18-12)10-6-8-11(17)9-7-10/h6-9,14H,3-5H2,1-2H3,(H2,18,19,21). The van der Waals surface area contributed by atoms with Gasteiger partial charge < -0.3 is 15.4 Å². The summed E-state index contributed by atoms with van der Waals surface area (Å²) < 4.78 is 5.15. The first-order chi connectivity index (χ1) is 10.6. The maximum absolute atomic E-state index is 12.3. The van der Waals surface area contributed by atoms with Crippen LogP contribution in [0.5, 0.6) is 0 Å². The molecule has 0 aromatic heterocycles. The number of amides is 2. The van der Waals surface area contributed by atoms with Crippen molar-refractivity contribution in [3.05, 3.63) is 46.1 Å². The number of carbonyl (C=O) groups excluding carboxylic acids is 2. The van der Waals surface area contributed by atoms with Gasteiger partial charge in [0, 0.05) is 10.7 Å². The normalized spacial score (nSPS) is 17.8. The summed E-state index contributed by atoms with van der Waals surface area (Å²) in [4.78, 5) is 24.2. The molecule has 0 bridgehead atoms. The highest BCUT2D eigenvalue weighted by atomic mass is 35.5. The second kappa shape index (κ2) is 7.31. The average molecular weight is 323 g/mol. The van der Waals surface area contributed by atoms with Crippen LogP contribution >= 0.6 is 11.6 Å². The van der Waals surface area contributed by atoms with E-state index < -0.39 is 12.0 Å². The molecule has 0 spiro atoms. The predicted octanol–water partition coefficient (Wildman–Crippen LogP) is 3.31. The van der Waals surface area contributed by atoms with Gasteiger partial charge in [-0.05, 0) is 31.0 Å². The number of rotatable bonds is 5. The average Bonchev–Trinajstić information content (AvgIpc) is 2.48. The fraction of sp³-hybridized carbons (Fsp3) is 0.375. The Morgan fingerprint density at radius 3 is 2.55 bits per heavy atom. The number of carbonyl (C=O) groups is 2. The Bertz CT molecular complexity index is 596. The lowest BCUT2D eigenvalue weighted by Crippen LogP contribution is -2.46. The molecule has 118 valence electrons. The van der Waals surface area contributed by atoms with E-state index in [4.69, 9.17) is 16.3 Å². The molecule has 0 fully saturated rings. The zero-order chi connectivity index (χ0) is 16.1. The molecule has 2 amide bonds. The lowest BCUT2D eigenvalue weighted by molar-refractivity contribution is -0.139. The number of halogens is 1. The van der Waals surface area contributed by atoms with Gasteiger partial charge in [0.15, 0.2) is 0 Å². The highest BCUT2D eigenvalue weighted by Gasteiger charge is 2.33. The summed E-state index contributed by atoms with van der Waals surface area (Å²) in [6, 6.07) is 6.19. The van der Waals surface area contributed by atoms with Crippen LogP contribution in [0, 0.1) is 0 Å². The SMILES string of the molecule is CCCC1=C(C(=O)OCC)C(c2ccc(Cl)cc2)NC(=O)N1. The highest BCUT2D eigenvalue weighted by Crippen LogP contribution is 2.30. The Hall–Kier alpha value is -2.01. The Labute approximate surface area is 134 Å². The molecule has 1 heterocycles. The molecule has 0 saturated carbocycles. The van der Waals surface area contributed by atoms with Gasteiger partial charge in [0.05, 0.1) is 18.2 Å². The van der Waals surface area contributed by atoms with E-state index in [0.717, 1.165) is 12.0 Å². The van der Waals surface area contributed by atoms with Gasteiger partial charge in [-0.3, -0.25) is 0 Å². The molecule has 22 heavy (non-hydrogen) atoms. The van der Waals surface area contributed by atoms with E-state index in [1.807, 2.05) is 6.92 Å². The number of hydrogen-bond acceptors (Lipinski definition) is 3. The summed E-state index contributed by atoms with van der Waals surface area (Å²) in [5.74, 6) is -0.418. The van der Waals surface area contributed by atoms with Crippen molar-refractivity contribution in [2.24, 2.45) is 0 Å². The molecule has 1 aromatic carbocycles. The minimum absolute atomic E-state index is 0.281. The van der Waals surface area contributed by atoms with Crippen molar-refractivity contribution in [1.82, 2.24) is 10.6 Å². The van der Waals surface area contributed by atoms with Gasteiger partial charge in [-0.2, -0.15) is 0 Å². The quantitative estimate of drug-likeness (QED) is 0.817. The molecule has 0 radical (unpaired) electrons. The molecule has 0 aliphatic carbocycles. The summed E-state index contributed by atoms with van der Waals surface area (Å²) in [6.07, 6.45) is 1.41. The van der Waals surface area contributed by atoms with E-state index in [1.165, 1.54) is 0 Å². The number of urea groups is 1. The smallest absolute Gasteiger partial charge is 0.338 e. The lowest BCUT2D eigenvalue weighted by atomic mass is 9.94. The Morgan fingerprint density at radius 2 is 1.95 bits per heavy atom. The van der Waals surface area contributed by atoms with Crippen LogP contribution in [0.15, 0.2) is 35.5 Å². The summed E-state index contributed by atoms with van der Waals surface area (Å²) in [5, 5.41) is 6.10. The second-order valence-corrected chi connectivity index (χ2v) is 5.38. The zero-order valence-corrected chi connectivity index (χ0v) is 13.4. The van der Waals surface area contributed by atoms with Crippen LogP contribution in [0.4, 0.5) is 4.79 Å². The third kappa shape index (κ3) is 3.60. The maximum Gasteiger partial charge on any atom is 0.338 e. The van der Waals surface area contributed by atoms with E-state index in [-0.39, 0.29) is 12.6 Å². The summed E-state index contributed by atoms with van der Waals surface area (Å²) in [5.41, 5.74) is 1.85. The molecule has 1 aromatic rings. The molecular formula is C16H19ClN2O3. The highest BCUT2D eigenvalue weighted by molar-refractivity contribution is 6.30. The minimum atomic E-state index is -0.536. The first kappa shape index (κ1) is 16.4. The van der Waals surface area contributed by atoms with Crippen LogP contribution in [-0.2, 0) is 9.53 Å². The van der Waals surface area contributed by atoms with Gasteiger partial charge in [-0.1, -0.05) is 37.1 Å². The lowest BCUT2D eigenvalue weighted by Gasteiger charge is -2.29. The van der Waals surface area contributed by atoms with Crippen LogP contribution < -0.4 is 10.6 Å². The van der Waals surface area contributed by atoms with E-state index in [1.54, 1.807) is 31.2 Å². The molecule has 0 saturated heterocycles.